The van der Waals surface area contributed by atoms with Gasteiger partial charge in [0.05, 0.1) is 12.2 Å². The van der Waals surface area contributed by atoms with Crippen LogP contribution in [-0.4, -0.2) is 41.1 Å². The maximum absolute atomic E-state index is 12.4. The molecule has 0 spiro atoms. The van der Waals surface area contributed by atoms with Crippen LogP contribution in [0.25, 0.3) is 0 Å². The maximum atomic E-state index is 12.4. The summed E-state index contributed by atoms with van der Waals surface area (Å²) in [4.78, 5) is 14.5. The molecule has 0 aromatic heterocycles. The Morgan fingerprint density at radius 1 is 1.28 bits per heavy atom. The van der Waals surface area contributed by atoms with Gasteiger partial charge in [-0.3, -0.25) is 10.1 Å². The minimum absolute atomic E-state index is 0.00260. The fourth-order valence-corrected chi connectivity index (χ4v) is 2.70. The number of hydrogen-bond acceptors (Lipinski definition) is 3. The Hall–Kier alpha value is -0.220. The van der Waals surface area contributed by atoms with Crippen LogP contribution in [0.1, 0.15) is 41.0 Å². The Balaban J connectivity index is 2.76. The van der Waals surface area contributed by atoms with E-state index < -0.39 is 0 Å². The van der Waals surface area contributed by atoms with Crippen molar-refractivity contribution in [2.45, 2.75) is 58.5 Å². The van der Waals surface area contributed by atoms with Crippen LogP contribution in [-0.2, 0) is 4.79 Å². The first-order valence-corrected chi connectivity index (χ1v) is 8.24. The zero-order chi connectivity index (χ0) is 13.9. The number of thioether (sulfide) groups is 1. The molecule has 1 saturated heterocycles. The van der Waals surface area contributed by atoms with Gasteiger partial charge in [0.1, 0.15) is 0 Å². The zero-order valence-electron chi connectivity index (χ0n) is 12.6. The number of nitrogens with zero attached hydrogens (tertiary/aromatic N) is 1. The average Bonchev–Trinajstić information content (AvgIpc) is 2.56. The third kappa shape index (κ3) is 3.89. The topological polar surface area (TPSA) is 32.3 Å². The monoisotopic (exact) mass is 272 g/mol. The second-order valence-electron chi connectivity index (χ2n) is 6.07. The second kappa shape index (κ2) is 6.80. The van der Waals surface area contributed by atoms with Gasteiger partial charge in [0.25, 0.3) is 0 Å². The average molecular weight is 272 g/mol. The molecular weight excluding hydrogens is 244 g/mol. The van der Waals surface area contributed by atoms with Gasteiger partial charge >= 0.3 is 0 Å². The van der Waals surface area contributed by atoms with Crippen LogP contribution in [0.15, 0.2) is 0 Å². The van der Waals surface area contributed by atoms with Crippen molar-refractivity contribution >= 4 is 17.7 Å². The van der Waals surface area contributed by atoms with Crippen LogP contribution >= 0.6 is 11.8 Å². The van der Waals surface area contributed by atoms with Gasteiger partial charge in [0.15, 0.2) is 0 Å². The minimum Gasteiger partial charge on any atom is -0.325 e. The van der Waals surface area contributed by atoms with Crippen LogP contribution in [0.5, 0.6) is 0 Å². The Labute approximate surface area is 116 Å². The largest absolute Gasteiger partial charge is 0.325 e. The first-order valence-electron chi connectivity index (χ1n) is 6.96. The van der Waals surface area contributed by atoms with Crippen LogP contribution in [0.3, 0.4) is 0 Å². The smallest absolute Gasteiger partial charge is 0.241 e. The van der Waals surface area contributed by atoms with Crippen molar-refractivity contribution in [3.63, 3.8) is 0 Å². The molecule has 3 nitrogen and oxygen atoms in total. The van der Waals surface area contributed by atoms with E-state index in [4.69, 9.17) is 0 Å². The molecule has 1 fully saturated rings. The predicted molar refractivity (Wildman–Crippen MR) is 79.7 cm³/mol. The lowest BCUT2D eigenvalue weighted by Gasteiger charge is -2.27. The number of carbonyl (C=O) groups is 1. The second-order valence-corrected chi connectivity index (χ2v) is 7.35. The molecule has 1 rings (SSSR count). The summed E-state index contributed by atoms with van der Waals surface area (Å²) in [7, 11) is 0. The summed E-state index contributed by atoms with van der Waals surface area (Å²) in [6.45, 7) is 11.7. The number of carbonyl (C=O) groups excluding carboxylic acids is 1. The molecule has 0 saturated carbocycles. The fraction of sp³-hybridized carbons (Fsp3) is 0.929. The van der Waals surface area contributed by atoms with Gasteiger partial charge in [0, 0.05) is 11.8 Å². The molecule has 0 aromatic rings. The normalized spacial score (nSPS) is 26.4. The summed E-state index contributed by atoms with van der Waals surface area (Å²) in [5.41, 5.74) is 0. The van der Waals surface area contributed by atoms with Gasteiger partial charge in [-0.2, -0.15) is 11.8 Å². The molecule has 18 heavy (non-hydrogen) atoms. The van der Waals surface area contributed by atoms with Crippen molar-refractivity contribution in [1.82, 2.24) is 10.2 Å². The number of rotatable bonds is 6. The minimum atomic E-state index is 0.00260. The van der Waals surface area contributed by atoms with Crippen molar-refractivity contribution in [2.75, 3.05) is 12.8 Å². The molecule has 1 N–H and O–H groups in total. The van der Waals surface area contributed by atoms with Crippen molar-refractivity contribution in [3.8, 4) is 0 Å². The van der Waals surface area contributed by atoms with Gasteiger partial charge in [-0.25, -0.2) is 0 Å². The van der Waals surface area contributed by atoms with E-state index in [-0.39, 0.29) is 18.1 Å². The fourth-order valence-electron chi connectivity index (χ4n) is 2.39. The summed E-state index contributed by atoms with van der Waals surface area (Å²) in [6, 6.07) is 0.00260. The molecule has 1 heterocycles. The lowest BCUT2D eigenvalue weighted by Crippen LogP contribution is -2.41. The van der Waals surface area contributed by atoms with Crippen molar-refractivity contribution < 1.29 is 4.79 Å². The van der Waals surface area contributed by atoms with E-state index in [1.54, 1.807) is 0 Å². The lowest BCUT2D eigenvalue weighted by atomic mass is 10.0. The third-order valence-corrected chi connectivity index (χ3v) is 4.47. The standard InChI is InChI=1S/C14H28N2OS/c1-9(2)7-12-15-13(10(3)4)14(17)16(12)8-11(5)18-6/h9-13,15H,7-8H2,1-6H3. The molecule has 1 aliphatic heterocycles. The number of nitrogens with one attached hydrogen (secondary N) is 1. The molecule has 1 aliphatic rings. The third-order valence-electron chi connectivity index (χ3n) is 3.51. The molecule has 0 radical (unpaired) electrons. The van der Waals surface area contributed by atoms with E-state index in [9.17, 15) is 4.79 Å². The number of amides is 1. The van der Waals surface area contributed by atoms with Crippen LogP contribution < -0.4 is 5.32 Å². The maximum Gasteiger partial charge on any atom is 0.241 e. The molecule has 0 aliphatic carbocycles. The van der Waals surface area contributed by atoms with Gasteiger partial charge in [0.2, 0.25) is 5.91 Å². The molecule has 4 heteroatoms. The van der Waals surface area contributed by atoms with E-state index >= 15 is 0 Å². The molecule has 106 valence electrons. The van der Waals surface area contributed by atoms with Crippen LogP contribution in [0.2, 0.25) is 0 Å². The van der Waals surface area contributed by atoms with Gasteiger partial charge in [-0.05, 0) is 24.5 Å². The first kappa shape index (κ1) is 15.8. The van der Waals surface area contributed by atoms with Gasteiger partial charge in [-0.15, -0.1) is 0 Å². The summed E-state index contributed by atoms with van der Waals surface area (Å²) in [6.07, 6.45) is 3.37. The summed E-state index contributed by atoms with van der Waals surface area (Å²) < 4.78 is 0. The highest BCUT2D eigenvalue weighted by Gasteiger charge is 2.40. The van der Waals surface area contributed by atoms with Gasteiger partial charge in [-0.1, -0.05) is 34.6 Å². The Kier molecular flexibility index (Phi) is 5.99. The summed E-state index contributed by atoms with van der Waals surface area (Å²) in [5, 5.41) is 4.01. The lowest BCUT2D eigenvalue weighted by molar-refractivity contribution is -0.130. The molecule has 0 bridgehead atoms. The quantitative estimate of drug-likeness (QED) is 0.806. The van der Waals surface area contributed by atoms with Crippen molar-refractivity contribution in [3.05, 3.63) is 0 Å². The Morgan fingerprint density at radius 3 is 2.33 bits per heavy atom. The van der Waals surface area contributed by atoms with E-state index in [1.165, 1.54) is 0 Å². The summed E-state index contributed by atoms with van der Waals surface area (Å²) >= 11 is 1.82. The van der Waals surface area contributed by atoms with E-state index in [1.807, 2.05) is 11.8 Å². The van der Waals surface area contributed by atoms with E-state index in [0.29, 0.717) is 17.1 Å². The Morgan fingerprint density at radius 2 is 1.89 bits per heavy atom. The first-order chi connectivity index (χ1) is 8.36. The molecule has 0 aromatic carbocycles. The van der Waals surface area contributed by atoms with Crippen LogP contribution in [0.4, 0.5) is 0 Å². The highest BCUT2D eigenvalue weighted by molar-refractivity contribution is 7.99. The highest BCUT2D eigenvalue weighted by Crippen LogP contribution is 2.23. The zero-order valence-corrected chi connectivity index (χ0v) is 13.4. The molecule has 1 amide bonds. The SMILES string of the molecule is CSC(C)CN1C(=O)C(C(C)C)NC1CC(C)C. The van der Waals surface area contributed by atoms with Crippen molar-refractivity contribution in [1.29, 1.82) is 0 Å². The van der Waals surface area contributed by atoms with Crippen molar-refractivity contribution in [2.24, 2.45) is 11.8 Å². The van der Waals surface area contributed by atoms with E-state index in [2.05, 4.69) is 51.1 Å². The van der Waals surface area contributed by atoms with E-state index in [0.717, 1.165) is 13.0 Å². The van der Waals surface area contributed by atoms with Crippen LogP contribution in [0, 0.1) is 11.8 Å². The molecular formula is C14H28N2OS. The highest BCUT2D eigenvalue weighted by atomic mass is 32.2. The van der Waals surface area contributed by atoms with Gasteiger partial charge < -0.3 is 4.90 Å². The molecule has 3 unspecified atom stereocenters. The number of hydrogen-bond donors (Lipinski definition) is 1. The summed E-state index contributed by atoms with van der Waals surface area (Å²) in [5.74, 6) is 1.26. The molecule has 3 atom stereocenters. The Bertz CT molecular complexity index is 281. The predicted octanol–water partition coefficient (Wildman–Crippen LogP) is 2.57.